The maximum absolute atomic E-state index is 5.85. The van der Waals surface area contributed by atoms with Crippen LogP contribution >= 0.6 is 24.0 Å². The van der Waals surface area contributed by atoms with Crippen molar-refractivity contribution >= 4 is 29.9 Å². The van der Waals surface area contributed by atoms with Gasteiger partial charge in [0.1, 0.15) is 12.4 Å². The van der Waals surface area contributed by atoms with E-state index < -0.39 is 0 Å². The summed E-state index contributed by atoms with van der Waals surface area (Å²) in [4.78, 5) is 11.9. The first-order valence-electron chi connectivity index (χ1n) is 11.2. The van der Waals surface area contributed by atoms with E-state index >= 15 is 0 Å². The van der Waals surface area contributed by atoms with Crippen molar-refractivity contribution in [3.8, 4) is 5.75 Å². The summed E-state index contributed by atoms with van der Waals surface area (Å²) < 4.78 is 5.85. The lowest BCUT2D eigenvalue weighted by atomic mass is 9.84. The van der Waals surface area contributed by atoms with Gasteiger partial charge in [0.2, 0.25) is 0 Å². The standard InChI is InChI=1S/C23H39N5O.HI/c1-24-22(27(3)18-19-29-21-10-6-4-7-11-21)25-20-23(12-16-26(2)17-13-23)28-14-8-5-9-15-28;/h4,6-7,10-11H,5,8-9,12-20H2,1-3H3,(H,24,25);1H. The van der Waals surface area contributed by atoms with E-state index in [4.69, 9.17) is 4.74 Å². The fraction of sp³-hybridized carbons (Fsp3) is 0.696. The molecule has 0 spiro atoms. The molecule has 0 radical (unpaired) electrons. The number of rotatable bonds is 7. The maximum atomic E-state index is 5.85. The van der Waals surface area contributed by atoms with Gasteiger partial charge in [-0.05, 0) is 71.0 Å². The molecule has 3 rings (SSSR count). The predicted molar refractivity (Wildman–Crippen MR) is 136 cm³/mol. The molecule has 170 valence electrons. The molecule has 1 aromatic carbocycles. The molecule has 0 atom stereocenters. The minimum absolute atomic E-state index is 0. The SMILES string of the molecule is CN=C(NCC1(N2CCCCC2)CCN(C)CC1)N(C)CCOc1ccccc1.I. The van der Waals surface area contributed by atoms with Crippen LogP contribution in [-0.2, 0) is 0 Å². The summed E-state index contributed by atoms with van der Waals surface area (Å²) in [5.74, 6) is 1.87. The van der Waals surface area contributed by atoms with Gasteiger partial charge in [0.15, 0.2) is 5.96 Å². The zero-order chi connectivity index (χ0) is 20.5. The van der Waals surface area contributed by atoms with Crippen LogP contribution in [-0.4, -0.2) is 93.2 Å². The second-order valence-electron chi connectivity index (χ2n) is 8.56. The monoisotopic (exact) mass is 529 g/mol. The first kappa shape index (κ1) is 25.2. The van der Waals surface area contributed by atoms with E-state index in [9.17, 15) is 0 Å². The average Bonchev–Trinajstić information content (AvgIpc) is 2.77. The summed E-state index contributed by atoms with van der Waals surface area (Å²) >= 11 is 0. The van der Waals surface area contributed by atoms with Crippen LogP contribution in [0.5, 0.6) is 5.75 Å². The third-order valence-corrected chi connectivity index (χ3v) is 6.53. The van der Waals surface area contributed by atoms with Crippen molar-refractivity contribution in [1.82, 2.24) is 20.0 Å². The number of para-hydroxylation sites is 1. The highest BCUT2D eigenvalue weighted by Gasteiger charge is 2.39. The summed E-state index contributed by atoms with van der Waals surface area (Å²) in [5.41, 5.74) is 0.254. The number of likely N-dealkylation sites (N-methyl/N-ethyl adjacent to an activating group) is 1. The molecule has 30 heavy (non-hydrogen) atoms. The molecular weight excluding hydrogens is 489 g/mol. The molecule has 0 unspecified atom stereocenters. The zero-order valence-electron chi connectivity index (χ0n) is 19.0. The quantitative estimate of drug-likeness (QED) is 0.334. The fourth-order valence-electron chi connectivity index (χ4n) is 4.56. The average molecular weight is 530 g/mol. The lowest BCUT2D eigenvalue weighted by Crippen LogP contribution is -2.62. The Balaban J connectivity index is 0.00000320. The normalized spacial score (nSPS) is 20.3. The van der Waals surface area contributed by atoms with Crippen LogP contribution in [0.3, 0.4) is 0 Å². The number of aliphatic imine (C=N–C) groups is 1. The van der Waals surface area contributed by atoms with Gasteiger partial charge in [0.05, 0.1) is 6.54 Å². The van der Waals surface area contributed by atoms with E-state index in [0.29, 0.717) is 6.61 Å². The largest absolute Gasteiger partial charge is 0.492 e. The first-order valence-corrected chi connectivity index (χ1v) is 11.2. The topological polar surface area (TPSA) is 43.3 Å². The number of hydrogen-bond donors (Lipinski definition) is 1. The van der Waals surface area contributed by atoms with Crippen molar-refractivity contribution in [2.24, 2.45) is 4.99 Å². The molecule has 7 heteroatoms. The Kier molecular flexibility index (Phi) is 10.7. The molecule has 0 bridgehead atoms. The number of guanidine groups is 1. The van der Waals surface area contributed by atoms with Crippen molar-refractivity contribution in [2.45, 2.75) is 37.6 Å². The smallest absolute Gasteiger partial charge is 0.193 e. The number of nitrogens with zero attached hydrogens (tertiary/aromatic N) is 4. The van der Waals surface area contributed by atoms with Crippen molar-refractivity contribution in [1.29, 1.82) is 0 Å². The number of likely N-dealkylation sites (tertiary alicyclic amines) is 2. The zero-order valence-corrected chi connectivity index (χ0v) is 21.3. The molecule has 0 amide bonds. The van der Waals surface area contributed by atoms with Crippen molar-refractivity contribution in [3.05, 3.63) is 30.3 Å². The van der Waals surface area contributed by atoms with Gasteiger partial charge in [-0.25, -0.2) is 0 Å². The molecule has 6 nitrogen and oxygen atoms in total. The molecule has 2 heterocycles. The Hall–Kier alpha value is -1.06. The van der Waals surface area contributed by atoms with Gasteiger partial charge in [-0.15, -0.1) is 24.0 Å². The summed E-state index contributed by atoms with van der Waals surface area (Å²) in [6, 6.07) is 10.00. The van der Waals surface area contributed by atoms with E-state index in [1.54, 1.807) is 0 Å². The second kappa shape index (κ2) is 12.7. The number of piperidine rings is 2. The molecule has 2 aliphatic rings. The molecule has 2 aliphatic heterocycles. The third-order valence-electron chi connectivity index (χ3n) is 6.53. The maximum Gasteiger partial charge on any atom is 0.193 e. The molecule has 2 saturated heterocycles. The molecule has 1 N–H and O–H groups in total. The number of nitrogens with one attached hydrogen (secondary N) is 1. The lowest BCUT2D eigenvalue weighted by molar-refractivity contribution is 0.0170. The predicted octanol–water partition coefficient (Wildman–Crippen LogP) is 3.14. The minimum atomic E-state index is 0. The summed E-state index contributed by atoms with van der Waals surface area (Å²) in [6.07, 6.45) is 6.51. The Morgan fingerprint density at radius 1 is 1.10 bits per heavy atom. The van der Waals surface area contributed by atoms with E-state index in [1.807, 2.05) is 37.4 Å². The van der Waals surface area contributed by atoms with Gasteiger partial charge in [-0.2, -0.15) is 0 Å². The molecular formula is C23H40IN5O. The van der Waals surface area contributed by atoms with Crippen LogP contribution < -0.4 is 10.1 Å². The van der Waals surface area contributed by atoms with Crippen molar-refractivity contribution in [2.75, 3.05) is 67.0 Å². The second-order valence-corrected chi connectivity index (χ2v) is 8.56. The van der Waals surface area contributed by atoms with E-state index in [0.717, 1.165) is 24.8 Å². The van der Waals surface area contributed by atoms with Gasteiger partial charge in [-0.1, -0.05) is 24.6 Å². The molecule has 2 fully saturated rings. The molecule has 0 aromatic heterocycles. The Morgan fingerprint density at radius 3 is 2.40 bits per heavy atom. The number of hydrogen-bond acceptors (Lipinski definition) is 4. The highest BCUT2D eigenvalue weighted by Crippen LogP contribution is 2.30. The van der Waals surface area contributed by atoms with Gasteiger partial charge in [0.25, 0.3) is 0 Å². The summed E-state index contributed by atoms with van der Waals surface area (Å²) in [7, 11) is 6.21. The van der Waals surface area contributed by atoms with Gasteiger partial charge in [0, 0.05) is 26.2 Å². The Morgan fingerprint density at radius 2 is 1.77 bits per heavy atom. The number of ether oxygens (including phenoxy) is 1. The van der Waals surface area contributed by atoms with Crippen LogP contribution in [0.4, 0.5) is 0 Å². The summed E-state index contributed by atoms with van der Waals surface area (Å²) in [5, 5.41) is 3.70. The first-order chi connectivity index (χ1) is 14.1. The molecule has 1 aromatic rings. The third kappa shape index (κ3) is 6.99. The van der Waals surface area contributed by atoms with E-state index in [-0.39, 0.29) is 29.5 Å². The van der Waals surface area contributed by atoms with E-state index in [1.165, 1.54) is 58.3 Å². The van der Waals surface area contributed by atoms with Crippen LogP contribution in [0.15, 0.2) is 35.3 Å². The Labute approximate surface area is 200 Å². The van der Waals surface area contributed by atoms with Crippen LogP contribution in [0.1, 0.15) is 32.1 Å². The highest BCUT2D eigenvalue weighted by atomic mass is 127. The fourth-order valence-corrected chi connectivity index (χ4v) is 4.56. The Bertz CT molecular complexity index is 628. The van der Waals surface area contributed by atoms with Crippen molar-refractivity contribution < 1.29 is 4.74 Å². The molecule has 0 aliphatic carbocycles. The molecule has 0 saturated carbocycles. The van der Waals surface area contributed by atoms with Gasteiger partial charge in [-0.3, -0.25) is 9.89 Å². The van der Waals surface area contributed by atoms with Crippen LogP contribution in [0.2, 0.25) is 0 Å². The highest BCUT2D eigenvalue weighted by molar-refractivity contribution is 14.0. The van der Waals surface area contributed by atoms with Gasteiger partial charge < -0.3 is 19.9 Å². The summed E-state index contributed by atoms with van der Waals surface area (Å²) in [6.45, 7) is 7.25. The van der Waals surface area contributed by atoms with E-state index in [2.05, 4.69) is 39.1 Å². The lowest BCUT2D eigenvalue weighted by Gasteiger charge is -2.50. The number of halogens is 1. The van der Waals surface area contributed by atoms with Crippen LogP contribution in [0, 0.1) is 0 Å². The van der Waals surface area contributed by atoms with Crippen LogP contribution in [0.25, 0.3) is 0 Å². The van der Waals surface area contributed by atoms with Gasteiger partial charge >= 0.3 is 0 Å². The minimum Gasteiger partial charge on any atom is -0.492 e. The van der Waals surface area contributed by atoms with Crippen molar-refractivity contribution in [3.63, 3.8) is 0 Å². The number of benzene rings is 1.